The third kappa shape index (κ3) is 4.78. The zero-order valence-corrected chi connectivity index (χ0v) is 7.08. The van der Waals surface area contributed by atoms with Gasteiger partial charge in [0.15, 0.2) is 0 Å². The SMILES string of the molecule is C=CCCNS(=O)(=O)CCl. The summed E-state index contributed by atoms with van der Waals surface area (Å²) in [7, 11) is -3.22. The van der Waals surface area contributed by atoms with Crippen molar-refractivity contribution in [2.24, 2.45) is 0 Å². The largest absolute Gasteiger partial charge is 0.225 e. The van der Waals surface area contributed by atoms with E-state index in [1.54, 1.807) is 6.08 Å². The zero-order chi connectivity index (χ0) is 8.04. The fourth-order valence-corrected chi connectivity index (χ4v) is 1.09. The molecule has 0 saturated carbocycles. The molecular formula is C5H10ClNO2S. The third-order valence-electron chi connectivity index (χ3n) is 0.814. The summed E-state index contributed by atoms with van der Waals surface area (Å²) in [6.45, 7) is 3.81. The van der Waals surface area contributed by atoms with Gasteiger partial charge in [0.05, 0.1) is 0 Å². The van der Waals surface area contributed by atoms with Crippen molar-refractivity contribution in [3.63, 3.8) is 0 Å². The molecule has 10 heavy (non-hydrogen) atoms. The first-order chi connectivity index (χ1) is 4.62. The summed E-state index contributed by atoms with van der Waals surface area (Å²) >= 11 is 5.10. The lowest BCUT2D eigenvalue weighted by Gasteiger charge is -1.99. The Bertz CT molecular complexity index is 188. The van der Waals surface area contributed by atoms with Gasteiger partial charge in [0.2, 0.25) is 10.0 Å². The highest BCUT2D eigenvalue weighted by Crippen LogP contribution is 1.87. The van der Waals surface area contributed by atoms with E-state index in [-0.39, 0.29) is 5.21 Å². The van der Waals surface area contributed by atoms with Gasteiger partial charge in [-0.15, -0.1) is 18.2 Å². The topological polar surface area (TPSA) is 46.2 Å². The molecule has 0 fully saturated rings. The van der Waals surface area contributed by atoms with Crippen LogP contribution in [0, 0.1) is 0 Å². The number of halogens is 1. The number of rotatable bonds is 5. The molecule has 0 spiro atoms. The van der Waals surface area contributed by atoms with Crippen molar-refractivity contribution < 1.29 is 8.42 Å². The number of nitrogens with one attached hydrogen (secondary N) is 1. The Kier molecular flexibility index (Phi) is 4.68. The van der Waals surface area contributed by atoms with Crippen molar-refractivity contribution in [2.75, 3.05) is 11.8 Å². The lowest BCUT2D eigenvalue weighted by molar-refractivity contribution is 0.587. The molecule has 0 bridgehead atoms. The second-order valence-electron chi connectivity index (χ2n) is 1.70. The van der Waals surface area contributed by atoms with E-state index in [1.165, 1.54) is 0 Å². The van der Waals surface area contributed by atoms with Gasteiger partial charge in [-0.05, 0) is 6.42 Å². The van der Waals surface area contributed by atoms with Gasteiger partial charge in [0, 0.05) is 6.54 Å². The third-order valence-corrected chi connectivity index (χ3v) is 2.61. The summed E-state index contributed by atoms with van der Waals surface area (Å²) in [4.78, 5) is 0. The van der Waals surface area contributed by atoms with Gasteiger partial charge in [-0.3, -0.25) is 0 Å². The molecule has 0 aromatic rings. The van der Waals surface area contributed by atoms with Crippen LogP contribution in [0.1, 0.15) is 6.42 Å². The molecule has 0 aliphatic rings. The number of hydrogen-bond acceptors (Lipinski definition) is 2. The Morgan fingerprint density at radius 2 is 2.20 bits per heavy atom. The molecule has 60 valence electrons. The van der Waals surface area contributed by atoms with Crippen LogP contribution in [0.15, 0.2) is 12.7 Å². The smallest absolute Gasteiger partial charge is 0.214 e. The van der Waals surface area contributed by atoms with Crippen molar-refractivity contribution >= 4 is 21.6 Å². The molecule has 0 aliphatic heterocycles. The van der Waals surface area contributed by atoms with Gasteiger partial charge in [-0.1, -0.05) is 6.08 Å². The van der Waals surface area contributed by atoms with Crippen LogP contribution in [0.4, 0.5) is 0 Å². The minimum atomic E-state index is -3.22. The predicted octanol–water partition coefficient (Wildman–Crippen LogP) is 0.678. The van der Waals surface area contributed by atoms with Gasteiger partial charge >= 0.3 is 0 Å². The van der Waals surface area contributed by atoms with Crippen LogP contribution in [-0.2, 0) is 10.0 Å². The van der Waals surface area contributed by atoms with E-state index in [9.17, 15) is 8.42 Å². The van der Waals surface area contributed by atoms with Crippen molar-refractivity contribution in [3.8, 4) is 0 Å². The summed E-state index contributed by atoms with van der Waals surface area (Å²) in [5.74, 6) is 0. The van der Waals surface area contributed by atoms with Gasteiger partial charge in [0.25, 0.3) is 0 Å². The molecule has 5 heteroatoms. The average Bonchev–Trinajstić information content (AvgIpc) is 1.89. The quantitative estimate of drug-likeness (QED) is 0.387. The molecule has 0 radical (unpaired) electrons. The van der Waals surface area contributed by atoms with Crippen molar-refractivity contribution in [1.82, 2.24) is 4.72 Å². The highest BCUT2D eigenvalue weighted by Gasteiger charge is 2.04. The van der Waals surface area contributed by atoms with Crippen LogP contribution >= 0.6 is 11.6 Å². The molecule has 0 heterocycles. The van der Waals surface area contributed by atoms with Crippen LogP contribution in [0.2, 0.25) is 0 Å². The van der Waals surface area contributed by atoms with E-state index < -0.39 is 10.0 Å². The molecule has 0 aromatic heterocycles. The predicted molar refractivity (Wildman–Crippen MR) is 42.5 cm³/mol. The second-order valence-corrected chi connectivity index (χ2v) is 4.09. The maximum atomic E-state index is 10.6. The minimum absolute atomic E-state index is 0.374. The lowest BCUT2D eigenvalue weighted by atomic mass is 10.4. The van der Waals surface area contributed by atoms with Crippen LogP contribution < -0.4 is 4.72 Å². The standard InChI is InChI=1S/C5H10ClNO2S/c1-2-3-4-7-10(8,9)5-6/h2,7H,1,3-5H2. The van der Waals surface area contributed by atoms with E-state index in [2.05, 4.69) is 11.3 Å². The fourth-order valence-electron chi connectivity index (χ4n) is 0.355. The minimum Gasteiger partial charge on any atom is -0.214 e. The molecule has 0 aromatic carbocycles. The normalized spacial score (nSPS) is 11.3. The van der Waals surface area contributed by atoms with Crippen molar-refractivity contribution in [2.45, 2.75) is 6.42 Å². The zero-order valence-electron chi connectivity index (χ0n) is 5.51. The summed E-state index contributed by atoms with van der Waals surface area (Å²) in [5, 5.41) is -0.385. The molecule has 0 unspecified atom stereocenters. The van der Waals surface area contributed by atoms with Crippen LogP contribution in [0.5, 0.6) is 0 Å². The van der Waals surface area contributed by atoms with E-state index in [1.807, 2.05) is 0 Å². The molecule has 0 aliphatic carbocycles. The summed E-state index contributed by atoms with van der Waals surface area (Å²) in [6.07, 6.45) is 2.26. The highest BCUT2D eigenvalue weighted by atomic mass is 35.5. The highest BCUT2D eigenvalue weighted by molar-refractivity contribution is 7.90. The summed E-state index contributed by atoms with van der Waals surface area (Å²) in [5.41, 5.74) is 0. The summed E-state index contributed by atoms with van der Waals surface area (Å²) in [6, 6.07) is 0. The van der Waals surface area contributed by atoms with Gasteiger partial charge in [-0.25, -0.2) is 13.1 Å². The summed E-state index contributed by atoms with van der Waals surface area (Å²) < 4.78 is 23.5. The van der Waals surface area contributed by atoms with E-state index in [0.29, 0.717) is 13.0 Å². The number of hydrogen-bond donors (Lipinski definition) is 1. The molecule has 1 N–H and O–H groups in total. The molecule has 0 saturated heterocycles. The molecule has 0 rings (SSSR count). The Morgan fingerprint density at radius 3 is 2.60 bits per heavy atom. The van der Waals surface area contributed by atoms with Crippen molar-refractivity contribution in [1.29, 1.82) is 0 Å². The van der Waals surface area contributed by atoms with Crippen molar-refractivity contribution in [3.05, 3.63) is 12.7 Å². The fraction of sp³-hybridized carbons (Fsp3) is 0.600. The molecule has 0 amide bonds. The van der Waals surface area contributed by atoms with E-state index in [4.69, 9.17) is 11.6 Å². The Labute approximate surface area is 66.1 Å². The van der Waals surface area contributed by atoms with Crippen LogP contribution in [0.3, 0.4) is 0 Å². The van der Waals surface area contributed by atoms with Gasteiger partial charge < -0.3 is 0 Å². The molecule has 3 nitrogen and oxygen atoms in total. The van der Waals surface area contributed by atoms with Gasteiger partial charge in [-0.2, -0.15) is 0 Å². The number of sulfonamides is 1. The first-order valence-corrected chi connectivity index (χ1v) is 4.95. The molecule has 0 atom stereocenters. The first kappa shape index (κ1) is 9.94. The maximum absolute atomic E-state index is 10.6. The van der Waals surface area contributed by atoms with E-state index >= 15 is 0 Å². The Morgan fingerprint density at radius 1 is 1.60 bits per heavy atom. The average molecular weight is 184 g/mol. The molecular weight excluding hydrogens is 174 g/mol. The van der Waals surface area contributed by atoms with E-state index in [0.717, 1.165) is 0 Å². The Hall–Kier alpha value is -0.0600. The Balaban J connectivity index is 3.58. The number of alkyl halides is 1. The van der Waals surface area contributed by atoms with Gasteiger partial charge in [0.1, 0.15) is 5.21 Å². The first-order valence-electron chi connectivity index (χ1n) is 2.76. The second kappa shape index (κ2) is 4.71. The van der Waals surface area contributed by atoms with Crippen LogP contribution in [-0.4, -0.2) is 20.2 Å². The monoisotopic (exact) mass is 183 g/mol. The van der Waals surface area contributed by atoms with Crippen LogP contribution in [0.25, 0.3) is 0 Å². The maximum Gasteiger partial charge on any atom is 0.225 e. The lowest BCUT2D eigenvalue weighted by Crippen LogP contribution is -2.25.